The number of hydrogen-bond acceptors (Lipinski definition) is 5. The van der Waals surface area contributed by atoms with Crippen LogP contribution in [0.15, 0.2) is 71.1 Å². The summed E-state index contributed by atoms with van der Waals surface area (Å²) in [4.78, 5) is 31.9. The van der Waals surface area contributed by atoms with Crippen molar-refractivity contribution in [2.24, 2.45) is 0 Å². The molecule has 2 aromatic heterocycles. The van der Waals surface area contributed by atoms with Crippen molar-refractivity contribution in [1.29, 1.82) is 0 Å². The van der Waals surface area contributed by atoms with E-state index in [2.05, 4.69) is 10.3 Å². The summed E-state index contributed by atoms with van der Waals surface area (Å²) in [7, 11) is 0. The van der Waals surface area contributed by atoms with Crippen LogP contribution >= 0.6 is 11.3 Å². The van der Waals surface area contributed by atoms with Crippen LogP contribution < -0.4 is 5.32 Å². The second-order valence-corrected chi connectivity index (χ2v) is 8.52. The van der Waals surface area contributed by atoms with Crippen LogP contribution in [0.1, 0.15) is 29.0 Å². The number of thiazole rings is 1. The second kappa shape index (κ2) is 8.35. The number of rotatable bonds is 5. The maximum Gasteiger partial charge on any atom is 0.254 e. The first-order valence-corrected chi connectivity index (χ1v) is 11.1. The van der Waals surface area contributed by atoms with Gasteiger partial charge in [-0.2, -0.15) is 0 Å². The number of hydrogen-bond donors (Lipinski definition) is 1. The molecule has 5 rings (SSSR count). The zero-order chi connectivity index (χ0) is 21.2. The fraction of sp³-hybridized carbons (Fsp3) is 0.208. The summed E-state index contributed by atoms with van der Waals surface area (Å²) in [5.74, 6) is 1.09. The maximum absolute atomic E-state index is 12.8. The van der Waals surface area contributed by atoms with E-state index in [4.69, 9.17) is 4.42 Å². The van der Waals surface area contributed by atoms with E-state index in [0.717, 1.165) is 21.6 Å². The molecule has 156 valence electrons. The van der Waals surface area contributed by atoms with E-state index < -0.39 is 6.04 Å². The van der Waals surface area contributed by atoms with E-state index in [1.165, 1.54) is 0 Å². The number of furan rings is 1. The van der Waals surface area contributed by atoms with Gasteiger partial charge in [0.25, 0.3) is 5.91 Å². The Kier molecular flexibility index (Phi) is 5.26. The summed E-state index contributed by atoms with van der Waals surface area (Å²) in [5, 5.41) is 3.74. The Bertz CT molecular complexity index is 1200. The fourth-order valence-corrected chi connectivity index (χ4v) is 4.81. The van der Waals surface area contributed by atoms with Crippen molar-refractivity contribution in [3.05, 3.63) is 78.1 Å². The predicted octanol–water partition coefficient (Wildman–Crippen LogP) is 4.48. The number of fused-ring (bicyclic) bond motifs is 1. The van der Waals surface area contributed by atoms with Gasteiger partial charge in [0, 0.05) is 12.1 Å². The van der Waals surface area contributed by atoms with Gasteiger partial charge in [0.15, 0.2) is 10.8 Å². The molecule has 0 spiro atoms. The third-order valence-corrected chi connectivity index (χ3v) is 6.49. The summed E-state index contributed by atoms with van der Waals surface area (Å²) < 4.78 is 7.01. The van der Waals surface area contributed by atoms with Crippen molar-refractivity contribution >= 4 is 33.4 Å². The van der Waals surface area contributed by atoms with E-state index >= 15 is 0 Å². The van der Waals surface area contributed by atoms with Crippen LogP contribution in [0.25, 0.3) is 21.0 Å². The molecule has 1 aliphatic heterocycles. The number of carbonyl (C=O) groups is 2. The first-order chi connectivity index (χ1) is 15.2. The Labute approximate surface area is 183 Å². The number of likely N-dealkylation sites (tertiary alicyclic amines) is 1. The number of carbonyl (C=O) groups excluding carboxylic acids is 2. The van der Waals surface area contributed by atoms with E-state index in [1.54, 1.807) is 28.4 Å². The lowest BCUT2D eigenvalue weighted by Crippen LogP contribution is -2.45. The Balaban J connectivity index is 1.24. The molecule has 6 nitrogen and oxygen atoms in total. The smallest absolute Gasteiger partial charge is 0.254 e. The largest absolute Gasteiger partial charge is 0.457 e. The lowest BCUT2D eigenvalue weighted by molar-refractivity contribution is -0.125. The van der Waals surface area contributed by atoms with Crippen molar-refractivity contribution in [2.45, 2.75) is 25.4 Å². The minimum absolute atomic E-state index is 0.102. The molecule has 3 heterocycles. The molecule has 7 heteroatoms. The van der Waals surface area contributed by atoms with Crippen molar-refractivity contribution in [3.8, 4) is 10.8 Å². The Morgan fingerprint density at radius 1 is 1.06 bits per heavy atom. The highest BCUT2D eigenvalue weighted by Crippen LogP contribution is 2.31. The third-order valence-electron chi connectivity index (χ3n) is 5.44. The molecule has 0 aliphatic carbocycles. The zero-order valence-electron chi connectivity index (χ0n) is 16.8. The second-order valence-electron chi connectivity index (χ2n) is 7.49. The van der Waals surface area contributed by atoms with Crippen molar-refractivity contribution in [1.82, 2.24) is 15.2 Å². The van der Waals surface area contributed by atoms with Gasteiger partial charge in [-0.3, -0.25) is 9.59 Å². The Morgan fingerprint density at radius 3 is 2.71 bits per heavy atom. The molecule has 0 saturated carbocycles. The molecule has 2 amide bonds. The molecule has 1 saturated heterocycles. The normalized spacial score (nSPS) is 16.0. The van der Waals surface area contributed by atoms with Gasteiger partial charge in [-0.15, -0.1) is 11.3 Å². The molecular formula is C24H21N3O3S. The number of nitrogens with one attached hydrogen (secondary N) is 1. The van der Waals surface area contributed by atoms with Crippen LogP contribution in [0.3, 0.4) is 0 Å². The van der Waals surface area contributed by atoms with Gasteiger partial charge >= 0.3 is 0 Å². The molecule has 1 aliphatic rings. The van der Waals surface area contributed by atoms with Crippen LogP contribution in [0.2, 0.25) is 0 Å². The molecule has 2 aromatic carbocycles. The highest BCUT2D eigenvalue weighted by Gasteiger charge is 2.34. The molecular weight excluding hydrogens is 410 g/mol. The van der Waals surface area contributed by atoms with Crippen LogP contribution in [0.4, 0.5) is 0 Å². The van der Waals surface area contributed by atoms with E-state index in [1.807, 2.05) is 54.6 Å². The lowest BCUT2D eigenvalue weighted by Gasteiger charge is -2.24. The average molecular weight is 432 g/mol. The third kappa shape index (κ3) is 3.96. The van der Waals surface area contributed by atoms with Gasteiger partial charge in [-0.1, -0.05) is 30.3 Å². The summed E-state index contributed by atoms with van der Waals surface area (Å²) in [6.07, 6.45) is 1.48. The number of para-hydroxylation sites is 1. The van der Waals surface area contributed by atoms with Crippen LogP contribution in [0.5, 0.6) is 0 Å². The standard InChI is InChI=1S/C24H21N3O3S/c28-22(19-10-6-14-27(19)24(29)16-7-2-1-3-8-16)25-15-17-12-13-20(30-17)23-26-18-9-4-5-11-21(18)31-23/h1-5,7-9,11-13,19H,6,10,14-15H2,(H,25,28). The van der Waals surface area contributed by atoms with Gasteiger partial charge in [0.05, 0.1) is 16.8 Å². The van der Waals surface area contributed by atoms with Gasteiger partial charge in [0.2, 0.25) is 5.91 Å². The fourth-order valence-electron chi connectivity index (χ4n) is 3.89. The van der Waals surface area contributed by atoms with E-state index in [0.29, 0.717) is 30.0 Å². The van der Waals surface area contributed by atoms with Crippen molar-refractivity contribution < 1.29 is 14.0 Å². The van der Waals surface area contributed by atoms with Crippen molar-refractivity contribution in [2.75, 3.05) is 6.54 Å². The molecule has 1 atom stereocenters. The molecule has 1 N–H and O–H groups in total. The first-order valence-electron chi connectivity index (χ1n) is 10.3. The SMILES string of the molecule is O=C(NCc1ccc(-c2nc3ccccc3s2)o1)C1CCCN1C(=O)c1ccccc1. The summed E-state index contributed by atoms with van der Waals surface area (Å²) >= 11 is 1.57. The molecule has 4 aromatic rings. The van der Waals surface area contributed by atoms with E-state index in [9.17, 15) is 9.59 Å². The first kappa shape index (κ1) is 19.5. The van der Waals surface area contributed by atoms with Crippen molar-refractivity contribution in [3.63, 3.8) is 0 Å². The lowest BCUT2D eigenvalue weighted by atomic mass is 10.1. The van der Waals surface area contributed by atoms with E-state index in [-0.39, 0.29) is 18.4 Å². The molecule has 0 radical (unpaired) electrons. The topological polar surface area (TPSA) is 75.4 Å². The zero-order valence-corrected chi connectivity index (χ0v) is 17.6. The Morgan fingerprint density at radius 2 is 1.87 bits per heavy atom. The number of aromatic nitrogens is 1. The highest BCUT2D eigenvalue weighted by molar-refractivity contribution is 7.21. The van der Waals surface area contributed by atoms with Crippen LogP contribution in [0, 0.1) is 0 Å². The highest BCUT2D eigenvalue weighted by atomic mass is 32.1. The van der Waals surface area contributed by atoms with Gasteiger partial charge in [-0.05, 0) is 49.2 Å². The molecule has 1 unspecified atom stereocenters. The summed E-state index contributed by atoms with van der Waals surface area (Å²) in [5.41, 5.74) is 1.55. The van der Waals surface area contributed by atoms with Gasteiger partial charge in [0.1, 0.15) is 11.8 Å². The molecule has 1 fully saturated rings. The van der Waals surface area contributed by atoms with Gasteiger partial charge in [-0.25, -0.2) is 4.98 Å². The maximum atomic E-state index is 12.8. The minimum Gasteiger partial charge on any atom is -0.457 e. The summed E-state index contributed by atoms with van der Waals surface area (Å²) in [6.45, 7) is 0.863. The van der Waals surface area contributed by atoms with Crippen LogP contribution in [-0.4, -0.2) is 34.3 Å². The monoisotopic (exact) mass is 431 g/mol. The summed E-state index contributed by atoms with van der Waals surface area (Å²) in [6, 6.07) is 20.3. The van der Waals surface area contributed by atoms with Crippen LogP contribution in [-0.2, 0) is 11.3 Å². The minimum atomic E-state index is -0.452. The Hall–Kier alpha value is -3.45. The molecule has 31 heavy (non-hydrogen) atoms. The number of nitrogens with zero attached hydrogens (tertiary/aromatic N) is 2. The predicted molar refractivity (Wildman–Crippen MR) is 120 cm³/mol. The quantitative estimate of drug-likeness (QED) is 0.506. The number of benzene rings is 2. The number of amides is 2. The molecule has 0 bridgehead atoms. The van der Waals surface area contributed by atoms with Gasteiger partial charge < -0.3 is 14.6 Å². The average Bonchev–Trinajstić information content (AvgIpc) is 3.56.